The summed E-state index contributed by atoms with van der Waals surface area (Å²) in [6.45, 7) is 0. The van der Waals surface area contributed by atoms with Gasteiger partial charge < -0.3 is 15.1 Å². The van der Waals surface area contributed by atoms with E-state index < -0.39 is 18.1 Å². The maximum atomic E-state index is 12.5. The molecule has 0 spiro atoms. The normalized spacial score (nSPS) is 24.4. The van der Waals surface area contributed by atoms with Crippen molar-refractivity contribution in [3.63, 3.8) is 0 Å². The Morgan fingerprint density at radius 2 is 1.87 bits per heavy atom. The Balaban J connectivity index is 2.16. The molecule has 0 unspecified atom stereocenters. The Hall–Kier alpha value is -2.15. The molecule has 0 saturated heterocycles. The van der Waals surface area contributed by atoms with Crippen LogP contribution in [0.4, 0.5) is 11.4 Å². The van der Waals surface area contributed by atoms with Crippen molar-refractivity contribution in [3.05, 3.63) is 47.1 Å². The fourth-order valence-electron chi connectivity index (χ4n) is 2.63. The molecule has 1 aliphatic carbocycles. The van der Waals surface area contributed by atoms with Gasteiger partial charge in [-0.05, 0) is 30.4 Å². The number of nitrogens with zero attached hydrogens (tertiary/aromatic N) is 2. The van der Waals surface area contributed by atoms with Crippen LogP contribution in [0.3, 0.4) is 0 Å². The molecule has 0 bridgehead atoms. The molecule has 0 radical (unpaired) electrons. The highest BCUT2D eigenvalue weighted by molar-refractivity contribution is 6.31. The van der Waals surface area contributed by atoms with Gasteiger partial charge in [-0.15, -0.1) is 0 Å². The second-order valence-corrected chi connectivity index (χ2v) is 5.86. The maximum Gasteiger partial charge on any atom is 0.241 e. The lowest BCUT2D eigenvalue weighted by atomic mass is 10.0. The van der Waals surface area contributed by atoms with E-state index in [2.05, 4.69) is 0 Å². The summed E-state index contributed by atoms with van der Waals surface area (Å²) in [4.78, 5) is 27.4. The molecule has 1 heterocycles. The fraction of sp³-hybridized carbons (Fsp3) is 0.250. The number of rotatable bonds is 1. The molecule has 2 N–H and O–H groups in total. The maximum absolute atomic E-state index is 12.5. The molecule has 2 amide bonds. The first-order valence-electron chi connectivity index (χ1n) is 7.03. The third-order valence-electron chi connectivity index (χ3n) is 3.88. The van der Waals surface area contributed by atoms with Crippen LogP contribution < -0.4 is 9.80 Å². The van der Waals surface area contributed by atoms with E-state index in [0.717, 1.165) is 0 Å². The van der Waals surface area contributed by atoms with Gasteiger partial charge in [0.1, 0.15) is 18.6 Å². The Bertz CT molecular complexity index is 744. The minimum absolute atomic E-state index is 0.299. The number of amides is 2. The molecule has 1 aliphatic heterocycles. The standard InChI is InChI=1S/C16H15ClN2O4/c1-18-11-4-2-9(17)6-12(11)19(16(23)8-15(18)22)10-3-5-13(20)14(21)7-10/h2-7,13-14,20-21H,8H2,1H3/t13-,14-/m0/s1. The molecule has 0 aromatic heterocycles. The molecule has 7 heteroatoms. The Kier molecular flexibility index (Phi) is 3.97. The van der Waals surface area contributed by atoms with Crippen LogP contribution in [-0.2, 0) is 9.59 Å². The quantitative estimate of drug-likeness (QED) is 0.757. The molecule has 3 rings (SSSR count). The van der Waals surface area contributed by atoms with Crippen LogP contribution in [0.1, 0.15) is 6.42 Å². The van der Waals surface area contributed by atoms with Gasteiger partial charge in [-0.25, -0.2) is 0 Å². The largest absolute Gasteiger partial charge is 0.386 e. The van der Waals surface area contributed by atoms with Gasteiger partial charge in [-0.3, -0.25) is 14.5 Å². The summed E-state index contributed by atoms with van der Waals surface area (Å²) >= 11 is 6.05. The predicted octanol–water partition coefficient (Wildman–Crippen LogP) is 1.22. The summed E-state index contributed by atoms with van der Waals surface area (Å²) in [5.41, 5.74) is 1.38. The van der Waals surface area contributed by atoms with Crippen molar-refractivity contribution >= 4 is 34.8 Å². The molecular weight excluding hydrogens is 320 g/mol. The van der Waals surface area contributed by atoms with Crippen molar-refractivity contribution in [2.45, 2.75) is 18.6 Å². The summed E-state index contributed by atoms with van der Waals surface area (Å²) in [6, 6.07) is 4.90. The summed E-state index contributed by atoms with van der Waals surface area (Å²) < 4.78 is 0. The Morgan fingerprint density at radius 3 is 2.57 bits per heavy atom. The van der Waals surface area contributed by atoms with E-state index in [9.17, 15) is 19.8 Å². The second kappa shape index (κ2) is 5.81. The highest BCUT2D eigenvalue weighted by atomic mass is 35.5. The Morgan fingerprint density at radius 1 is 1.13 bits per heavy atom. The number of fused-ring (bicyclic) bond motifs is 1. The minimum Gasteiger partial charge on any atom is -0.386 e. The van der Waals surface area contributed by atoms with Gasteiger partial charge in [0.2, 0.25) is 11.8 Å². The number of halogens is 1. The highest BCUT2D eigenvalue weighted by Crippen LogP contribution is 2.37. The summed E-state index contributed by atoms with van der Waals surface area (Å²) in [5.74, 6) is -0.760. The van der Waals surface area contributed by atoms with Gasteiger partial charge in [0.15, 0.2) is 0 Å². The molecule has 2 aliphatic rings. The number of carbonyl (C=O) groups is 2. The number of aliphatic hydroxyl groups excluding tert-OH is 2. The van der Waals surface area contributed by atoms with E-state index in [1.54, 1.807) is 25.2 Å². The van der Waals surface area contributed by atoms with Crippen LogP contribution in [0.25, 0.3) is 0 Å². The van der Waals surface area contributed by atoms with Crippen LogP contribution in [0, 0.1) is 0 Å². The first kappa shape index (κ1) is 15.7. The van der Waals surface area contributed by atoms with Crippen molar-refractivity contribution < 1.29 is 19.8 Å². The van der Waals surface area contributed by atoms with Crippen molar-refractivity contribution in [1.29, 1.82) is 0 Å². The number of anilines is 2. The summed E-state index contributed by atoms with van der Waals surface area (Å²) in [7, 11) is 1.59. The zero-order valence-corrected chi connectivity index (χ0v) is 13.1. The monoisotopic (exact) mass is 334 g/mol. The summed E-state index contributed by atoms with van der Waals surface area (Å²) in [5, 5.41) is 19.8. The number of allylic oxidation sites excluding steroid dienone is 1. The van der Waals surface area contributed by atoms with Crippen molar-refractivity contribution in [3.8, 4) is 0 Å². The molecule has 1 aromatic carbocycles. The van der Waals surface area contributed by atoms with Gasteiger partial charge in [-0.2, -0.15) is 0 Å². The number of carbonyl (C=O) groups excluding carboxylic acids is 2. The zero-order valence-electron chi connectivity index (χ0n) is 12.3. The molecule has 6 nitrogen and oxygen atoms in total. The van der Waals surface area contributed by atoms with E-state index >= 15 is 0 Å². The summed E-state index contributed by atoms with van der Waals surface area (Å²) in [6.07, 6.45) is 1.87. The topological polar surface area (TPSA) is 81.1 Å². The molecule has 0 fully saturated rings. The highest BCUT2D eigenvalue weighted by Gasteiger charge is 2.32. The second-order valence-electron chi connectivity index (χ2n) is 5.42. The number of hydrogen-bond donors (Lipinski definition) is 2. The van der Waals surface area contributed by atoms with Gasteiger partial charge in [0.25, 0.3) is 0 Å². The number of hydrogen-bond acceptors (Lipinski definition) is 4. The van der Waals surface area contributed by atoms with E-state index in [1.807, 2.05) is 0 Å². The zero-order chi connectivity index (χ0) is 16.7. The molecule has 120 valence electrons. The molecule has 1 aromatic rings. The lowest BCUT2D eigenvalue weighted by Gasteiger charge is -2.28. The van der Waals surface area contributed by atoms with Gasteiger partial charge in [0, 0.05) is 17.8 Å². The predicted molar refractivity (Wildman–Crippen MR) is 86.2 cm³/mol. The molecule has 2 atom stereocenters. The first-order valence-corrected chi connectivity index (χ1v) is 7.41. The molecular formula is C16H15ClN2O4. The molecule has 23 heavy (non-hydrogen) atoms. The van der Waals surface area contributed by atoms with Crippen LogP contribution >= 0.6 is 11.6 Å². The van der Waals surface area contributed by atoms with Crippen LogP contribution in [0.15, 0.2) is 42.1 Å². The minimum atomic E-state index is -1.12. The van der Waals surface area contributed by atoms with Gasteiger partial charge in [-0.1, -0.05) is 17.7 Å². The third kappa shape index (κ3) is 2.76. The lowest BCUT2D eigenvalue weighted by molar-refractivity contribution is -0.125. The SMILES string of the molecule is CN1C(=O)CC(=O)N(C2=C[C@H](O)[C@@H](O)C=C2)c2cc(Cl)ccc21. The molecule has 0 saturated carbocycles. The van der Waals surface area contributed by atoms with E-state index in [4.69, 9.17) is 11.6 Å². The van der Waals surface area contributed by atoms with Crippen molar-refractivity contribution in [1.82, 2.24) is 0 Å². The average Bonchev–Trinajstić information content (AvgIpc) is 2.58. The van der Waals surface area contributed by atoms with Gasteiger partial charge in [0.05, 0.1) is 11.4 Å². The number of benzene rings is 1. The lowest BCUT2D eigenvalue weighted by Crippen LogP contribution is -2.34. The fourth-order valence-corrected chi connectivity index (χ4v) is 2.79. The first-order chi connectivity index (χ1) is 10.9. The van der Waals surface area contributed by atoms with Crippen molar-refractivity contribution in [2.24, 2.45) is 0 Å². The smallest absolute Gasteiger partial charge is 0.241 e. The van der Waals surface area contributed by atoms with E-state index in [0.29, 0.717) is 22.1 Å². The van der Waals surface area contributed by atoms with Crippen LogP contribution in [0.2, 0.25) is 5.02 Å². The third-order valence-corrected chi connectivity index (χ3v) is 4.11. The van der Waals surface area contributed by atoms with Gasteiger partial charge >= 0.3 is 0 Å². The van der Waals surface area contributed by atoms with Crippen LogP contribution in [0.5, 0.6) is 0 Å². The van der Waals surface area contributed by atoms with Crippen molar-refractivity contribution in [2.75, 3.05) is 16.8 Å². The van der Waals surface area contributed by atoms with Crippen LogP contribution in [-0.4, -0.2) is 41.3 Å². The number of aliphatic hydroxyl groups is 2. The van der Waals surface area contributed by atoms with E-state index in [-0.39, 0.29) is 12.3 Å². The average molecular weight is 335 g/mol. The van der Waals surface area contributed by atoms with E-state index in [1.165, 1.54) is 28.0 Å². The Labute approximate surface area is 137 Å².